The Morgan fingerprint density at radius 1 is 1.24 bits per heavy atom. The van der Waals surface area contributed by atoms with Gasteiger partial charge in [0.1, 0.15) is 12.0 Å². The molecule has 2 aliphatic heterocycles. The fourth-order valence-corrected chi connectivity index (χ4v) is 5.14. The highest BCUT2D eigenvalue weighted by molar-refractivity contribution is 8.16. The van der Waals surface area contributed by atoms with Gasteiger partial charge >= 0.3 is 5.97 Å². The van der Waals surface area contributed by atoms with Gasteiger partial charge in [0.2, 0.25) is 0 Å². The number of primary amides is 1. The average Bonchev–Trinajstić information content (AvgIpc) is 3.07. The van der Waals surface area contributed by atoms with Crippen molar-refractivity contribution < 1.29 is 19.4 Å². The van der Waals surface area contributed by atoms with Crippen molar-refractivity contribution in [1.82, 2.24) is 10.3 Å². The Morgan fingerprint density at radius 3 is 2.52 bits per heavy atom. The molecule has 1 atom stereocenters. The normalized spacial score (nSPS) is 31.0. The van der Waals surface area contributed by atoms with Crippen molar-refractivity contribution in [3.63, 3.8) is 0 Å². The van der Waals surface area contributed by atoms with E-state index < -0.39 is 11.9 Å². The minimum atomic E-state index is -0.931. The van der Waals surface area contributed by atoms with Crippen LogP contribution in [0.25, 0.3) is 0 Å². The Morgan fingerprint density at radius 2 is 1.92 bits per heavy atom. The number of nitrogens with two attached hydrogens (primary N) is 1. The first-order chi connectivity index (χ1) is 12.0. The van der Waals surface area contributed by atoms with Crippen molar-refractivity contribution in [3.05, 3.63) is 0 Å². The van der Waals surface area contributed by atoms with E-state index in [4.69, 9.17) is 15.6 Å². The predicted molar refractivity (Wildman–Crippen MR) is 95.1 cm³/mol. The van der Waals surface area contributed by atoms with Crippen LogP contribution in [-0.4, -0.2) is 64.3 Å². The van der Waals surface area contributed by atoms with E-state index in [9.17, 15) is 9.59 Å². The van der Waals surface area contributed by atoms with Gasteiger partial charge in [-0.15, -0.1) is 0 Å². The second kappa shape index (κ2) is 8.37. The summed E-state index contributed by atoms with van der Waals surface area (Å²) >= 11 is 1.51. The number of carboxylic acids is 1. The van der Waals surface area contributed by atoms with Crippen LogP contribution in [0.5, 0.6) is 0 Å². The molecule has 1 amide bonds. The van der Waals surface area contributed by atoms with Crippen molar-refractivity contribution in [2.45, 2.75) is 56.0 Å². The number of nitrogens with zero attached hydrogens (tertiary/aromatic N) is 2. The third-order valence-corrected chi connectivity index (χ3v) is 6.51. The van der Waals surface area contributed by atoms with Gasteiger partial charge in [-0.3, -0.25) is 9.80 Å². The molecule has 3 rings (SSSR count). The molecule has 8 nitrogen and oxygen atoms in total. The monoisotopic (exact) mass is 370 g/mol. The molecule has 4 N–H and O–H groups in total. The molecule has 2 fully saturated rings. The second-order valence-corrected chi connectivity index (χ2v) is 7.99. The van der Waals surface area contributed by atoms with Crippen LogP contribution in [0, 0.1) is 5.92 Å². The topological polar surface area (TPSA) is 117 Å². The number of hydrazone groups is 1. The van der Waals surface area contributed by atoms with Gasteiger partial charge in [0.15, 0.2) is 5.04 Å². The first kappa shape index (κ1) is 18.5. The Balaban J connectivity index is 1.61. The van der Waals surface area contributed by atoms with E-state index in [-0.39, 0.29) is 24.1 Å². The highest BCUT2D eigenvalue weighted by Gasteiger charge is 2.40. The summed E-state index contributed by atoms with van der Waals surface area (Å²) in [5.41, 5.74) is 5.47. The van der Waals surface area contributed by atoms with E-state index in [2.05, 4.69) is 15.4 Å². The third kappa shape index (κ3) is 4.65. The lowest BCUT2D eigenvalue weighted by molar-refractivity contribution is -0.145. The first-order valence-electron chi connectivity index (χ1n) is 8.92. The summed E-state index contributed by atoms with van der Waals surface area (Å²) < 4.78 is 5.42. The minimum Gasteiger partial charge on any atom is -0.480 e. The number of amides is 1. The molecule has 1 unspecified atom stereocenters. The van der Waals surface area contributed by atoms with E-state index in [1.807, 2.05) is 0 Å². The zero-order chi connectivity index (χ0) is 17.8. The number of hydrogen-bond acceptors (Lipinski definition) is 7. The fraction of sp³-hybridized carbons (Fsp3) is 0.812. The van der Waals surface area contributed by atoms with Gasteiger partial charge in [-0.2, -0.15) is 5.10 Å². The zero-order valence-electron chi connectivity index (χ0n) is 14.2. The van der Waals surface area contributed by atoms with Crippen LogP contribution in [0.2, 0.25) is 0 Å². The van der Waals surface area contributed by atoms with Gasteiger partial charge in [-0.1, -0.05) is 11.8 Å². The lowest BCUT2D eigenvalue weighted by atomic mass is 9.91. The number of aliphatic carboxylic acids is 1. The molecule has 0 aromatic carbocycles. The molecule has 0 bridgehead atoms. The van der Waals surface area contributed by atoms with Crippen LogP contribution in [0.3, 0.4) is 0 Å². The van der Waals surface area contributed by atoms with Crippen LogP contribution in [0.1, 0.15) is 38.5 Å². The molecule has 1 saturated carbocycles. The Hall–Kier alpha value is -1.32. The average molecular weight is 370 g/mol. The highest BCUT2D eigenvalue weighted by Crippen LogP contribution is 2.40. The number of hydrogen-bond donors (Lipinski definition) is 3. The highest BCUT2D eigenvalue weighted by atomic mass is 32.2. The molecule has 140 valence electrons. The van der Waals surface area contributed by atoms with E-state index in [1.54, 1.807) is 0 Å². The SMILES string of the molecule is NC(=O)C1=NN(C2CCC(OCC(=O)O)CC2)C(C2CCNCC2)S1. The molecule has 0 aromatic rings. The van der Waals surface area contributed by atoms with E-state index >= 15 is 0 Å². The lowest BCUT2D eigenvalue weighted by Gasteiger charge is -2.39. The number of piperidine rings is 1. The van der Waals surface area contributed by atoms with Gasteiger partial charge < -0.3 is 20.9 Å². The number of carboxylic acid groups (broad SMARTS) is 1. The Bertz CT molecular complexity index is 530. The standard InChI is InChI=1S/C16H26N4O4S/c17-14(23)15-19-20(16(25-15)10-5-7-18-8-6-10)11-1-3-12(4-2-11)24-9-13(21)22/h10-12,16,18H,1-9H2,(H2,17,23)(H,21,22). The largest absolute Gasteiger partial charge is 0.480 e. The van der Waals surface area contributed by atoms with Crippen molar-refractivity contribution in [2.24, 2.45) is 16.8 Å². The lowest BCUT2D eigenvalue weighted by Crippen LogP contribution is -2.44. The Kier molecular flexibility index (Phi) is 6.19. The van der Waals surface area contributed by atoms with E-state index in [1.165, 1.54) is 11.8 Å². The van der Waals surface area contributed by atoms with Gasteiger partial charge in [0.25, 0.3) is 5.91 Å². The second-order valence-electron chi connectivity index (χ2n) is 6.88. The summed E-state index contributed by atoms with van der Waals surface area (Å²) in [6.45, 7) is 1.76. The Labute approximate surface area is 151 Å². The van der Waals surface area contributed by atoms with Crippen molar-refractivity contribution in [1.29, 1.82) is 0 Å². The zero-order valence-corrected chi connectivity index (χ0v) is 15.0. The number of thioether (sulfide) groups is 1. The maximum atomic E-state index is 11.6. The van der Waals surface area contributed by atoms with Crippen molar-refractivity contribution in [3.8, 4) is 0 Å². The summed E-state index contributed by atoms with van der Waals surface area (Å²) in [5, 5.41) is 19.3. The summed E-state index contributed by atoms with van der Waals surface area (Å²) in [5.74, 6) is -0.891. The summed E-state index contributed by atoms with van der Waals surface area (Å²) in [6.07, 6.45) is 5.57. The maximum absolute atomic E-state index is 11.6. The molecule has 25 heavy (non-hydrogen) atoms. The summed E-state index contributed by atoms with van der Waals surface area (Å²) in [7, 11) is 0. The van der Waals surface area contributed by atoms with Crippen LogP contribution in [0.4, 0.5) is 0 Å². The van der Waals surface area contributed by atoms with Crippen LogP contribution in [-0.2, 0) is 14.3 Å². The summed E-state index contributed by atoms with van der Waals surface area (Å²) in [6, 6.07) is 0.258. The molecule has 2 heterocycles. The molecular formula is C16H26N4O4S. The molecule has 0 aromatic heterocycles. The molecule has 9 heteroatoms. The van der Waals surface area contributed by atoms with E-state index in [0.29, 0.717) is 11.0 Å². The molecule has 1 aliphatic carbocycles. The van der Waals surface area contributed by atoms with Gasteiger partial charge in [0, 0.05) is 6.04 Å². The quantitative estimate of drug-likeness (QED) is 0.626. The number of ether oxygens (including phenoxy) is 1. The van der Waals surface area contributed by atoms with Crippen LogP contribution in [0.15, 0.2) is 5.10 Å². The first-order valence-corrected chi connectivity index (χ1v) is 9.80. The molecule has 3 aliphatic rings. The van der Waals surface area contributed by atoms with Gasteiger partial charge in [0.05, 0.1) is 6.10 Å². The number of carbonyl (C=O) groups excluding carboxylic acids is 1. The van der Waals surface area contributed by atoms with Crippen LogP contribution >= 0.6 is 11.8 Å². The number of rotatable bonds is 6. The van der Waals surface area contributed by atoms with Gasteiger partial charge in [-0.05, 0) is 57.5 Å². The van der Waals surface area contributed by atoms with E-state index in [0.717, 1.165) is 51.6 Å². The van der Waals surface area contributed by atoms with Crippen molar-refractivity contribution >= 4 is 28.7 Å². The molecule has 1 saturated heterocycles. The predicted octanol–water partition coefficient (Wildman–Crippen LogP) is 0.572. The van der Waals surface area contributed by atoms with Crippen LogP contribution < -0.4 is 11.1 Å². The molecule has 0 spiro atoms. The third-order valence-electron chi connectivity index (χ3n) is 5.16. The molecular weight excluding hydrogens is 344 g/mol. The number of carbonyl (C=O) groups is 2. The maximum Gasteiger partial charge on any atom is 0.329 e. The van der Waals surface area contributed by atoms with Gasteiger partial charge in [-0.25, -0.2) is 4.79 Å². The minimum absolute atomic E-state index is 0.000438. The fourth-order valence-electron chi connectivity index (χ4n) is 3.86. The summed E-state index contributed by atoms with van der Waals surface area (Å²) in [4.78, 5) is 22.2. The smallest absolute Gasteiger partial charge is 0.329 e. The van der Waals surface area contributed by atoms with Crippen molar-refractivity contribution in [2.75, 3.05) is 19.7 Å². The molecule has 0 radical (unpaired) electrons. The number of nitrogens with one attached hydrogen (secondary N) is 1.